The third-order valence-corrected chi connectivity index (χ3v) is 2.76. The van der Waals surface area contributed by atoms with Crippen LogP contribution in [0, 0.1) is 0 Å². The molecule has 0 radical (unpaired) electrons. The van der Waals surface area contributed by atoms with Crippen LogP contribution in [0.1, 0.15) is 23.7 Å². The number of carboxylic acid groups (broad SMARTS) is 1. The second-order valence-corrected chi connectivity index (χ2v) is 4.21. The molecule has 1 aliphatic rings. The smallest absolute Gasteiger partial charge is 0.338 e. The zero-order chi connectivity index (χ0) is 13.1. The SMILES string of the molecule is CC(=O)NC1CCN(c2ncc(C(=O)O)cn2)C1. The molecule has 1 aromatic heterocycles. The van der Waals surface area contributed by atoms with Crippen molar-refractivity contribution in [3.63, 3.8) is 0 Å². The first kappa shape index (κ1) is 12.3. The van der Waals surface area contributed by atoms with Crippen molar-refractivity contribution in [3.8, 4) is 0 Å². The van der Waals surface area contributed by atoms with Gasteiger partial charge in [0.1, 0.15) is 0 Å². The average molecular weight is 250 g/mol. The first-order chi connectivity index (χ1) is 8.56. The summed E-state index contributed by atoms with van der Waals surface area (Å²) in [5.74, 6) is -0.601. The summed E-state index contributed by atoms with van der Waals surface area (Å²) >= 11 is 0. The number of amides is 1. The zero-order valence-electron chi connectivity index (χ0n) is 9.96. The summed E-state index contributed by atoms with van der Waals surface area (Å²) in [6.07, 6.45) is 3.41. The Hall–Kier alpha value is -2.18. The summed E-state index contributed by atoms with van der Waals surface area (Å²) in [6, 6.07) is 0.102. The first-order valence-electron chi connectivity index (χ1n) is 5.63. The third-order valence-electron chi connectivity index (χ3n) is 2.76. The number of carbonyl (C=O) groups is 2. The third kappa shape index (κ3) is 2.73. The van der Waals surface area contributed by atoms with Gasteiger partial charge in [-0.3, -0.25) is 4.79 Å². The van der Waals surface area contributed by atoms with Crippen LogP contribution in [0.2, 0.25) is 0 Å². The van der Waals surface area contributed by atoms with Gasteiger partial charge in [-0.05, 0) is 6.42 Å². The van der Waals surface area contributed by atoms with Crippen molar-refractivity contribution in [2.24, 2.45) is 0 Å². The maximum Gasteiger partial charge on any atom is 0.338 e. The fraction of sp³-hybridized carbons (Fsp3) is 0.455. The van der Waals surface area contributed by atoms with Gasteiger partial charge in [0.15, 0.2) is 0 Å². The second-order valence-electron chi connectivity index (χ2n) is 4.21. The number of anilines is 1. The Labute approximate surface area is 104 Å². The molecule has 1 atom stereocenters. The lowest BCUT2D eigenvalue weighted by atomic mass is 10.3. The van der Waals surface area contributed by atoms with Gasteiger partial charge >= 0.3 is 5.97 Å². The number of nitrogens with one attached hydrogen (secondary N) is 1. The van der Waals surface area contributed by atoms with E-state index in [0.29, 0.717) is 12.5 Å². The minimum absolute atomic E-state index is 0.0519. The van der Waals surface area contributed by atoms with Crippen LogP contribution in [0.4, 0.5) is 5.95 Å². The van der Waals surface area contributed by atoms with Crippen LogP contribution in [0.15, 0.2) is 12.4 Å². The Bertz CT molecular complexity index is 460. The van der Waals surface area contributed by atoms with Crippen molar-refractivity contribution in [1.29, 1.82) is 0 Å². The average Bonchev–Trinajstić information content (AvgIpc) is 2.76. The van der Waals surface area contributed by atoms with E-state index in [1.165, 1.54) is 19.3 Å². The Morgan fingerprint density at radius 3 is 2.67 bits per heavy atom. The summed E-state index contributed by atoms with van der Waals surface area (Å²) < 4.78 is 0. The molecule has 2 rings (SSSR count). The maximum atomic E-state index is 10.9. The quantitative estimate of drug-likeness (QED) is 0.777. The van der Waals surface area contributed by atoms with Crippen molar-refractivity contribution < 1.29 is 14.7 Å². The number of hydrogen-bond donors (Lipinski definition) is 2. The fourth-order valence-corrected chi connectivity index (χ4v) is 1.94. The lowest BCUT2D eigenvalue weighted by Crippen LogP contribution is -2.35. The minimum atomic E-state index is -1.04. The fourth-order valence-electron chi connectivity index (χ4n) is 1.94. The minimum Gasteiger partial charge on any atom is -0.478 e. The van der Waals surface area contributed by atoms with Crippen LogP contribution in [-0.2, 0) is 4.79 Å². The van der Waals surface area contributed by atoms with Crippen molar-refractivity contribution >= 4 is 17.8 Å². The van der Waals surface area contributed by atoms with Gasteiger partial charge in [-0.25, -0.2) is 14.8 Å². The Balaban J connectivity index is 2.01. The maximum absolute atomic E-state index is 10.9. The monoisotopic (exact) mass is 250 g/mol. The number of nitrogens with zero attached hydrogens (tertiary/aromatic N) is 3. The van der Waals surface area contributed by atoms with E-state index in [1.807, 2.05) is 4.90 Å². The predicted octanol–water partition coefficient (Wildman–Crippen LogP) is -0.110. The van der Waals surface area contributed by atoms with Gasteiger partial charge in [0.05, 0.1) is 5.56 Å². The molecule has 7 nitrogen and oxygen atoms in total. The van der Waals surface area contributed by atoms with E-state index in [1.54, 1.807) is 0 Å². The van der Waals surface area contributed by atoms with Crippen LogP contribution in [-0.4, -0.2) is 46.1 Å². The Kier molecular flexibility index (Phi) is 3.40. The van der Waals surface area contributed by atoms with E-state index >= 15 is 0 Å². The lowest BCUT2D eigenvalue weighted by Gasteiger charge is -2.16. The summed E-state index contributed by atoms with van der Waals surface area (Å²) in [5.41, 5.74) is 0.0661. The highest BCUT2D eigenvalue weighted by atomic mass is 16.4. The molecule has 1 fully saturated rings. The van der Waals surface area contributed by atoms with E-state index in [9.17, 15) is 9.59 Å². The molecule has 18 heavy (non-hydrogen) atoms. The van der Waals surface area contributed by atoms with E-state index in [2.05, 4.69) is 15.3 Å². The molecule has 0 spiro atoms. The predicted molar refractivity (Wildman–Crippen MR) is 63.4 cm³/mol. The Morgan fingerprint density at radius 1 is 1.44 bits per heavy atom. The van der Waals surface area contributed by atoms with Gasteiger partial charge in [-0.15, -0.1) is 0 Å². The molecule has 2 N–H and O–H groups in total. The van der Waals surface area contributed by atoms with Gasteiger partial charge in [-0.1, -0.05) is 0 Å². The number of aromatic nitrogens is 2. The number of rotatable bonds is 3. The molecule has 0 aliphatic carbocycles. The molecule has 1 saturated heterocycles. The normalized spacial score (nSPS) is 18.7. The molecule has 0 bridgehead atoms. The summed E-state index contributed by atoms with van der Waals surface area (Å²) in [5, 5.41) is 11.6. The summed E-state index contributed by atoms with van der Waals surface area (Å²) in [7, 11) is 0. The van der Waals surface area contributed by atoms with Crippen LogP contribution in [0.3, 0.4) is 0 Å². The molecule has 0 aromatic carbocycles. The van der Waals surface area contributed by atoms with Gasteiger partial charge in [0.2, 0.25) is 11.9 Å². The van der Waals surface area contributed by atoms with Crippen LogP contribution < -0.4 is 10.2 Å². The number of aromatic carboxylic acids is 1. The summed E-state index contributed by atoms with van der Waals surface area (Å²) in [4.78, 5) is 31.6. The highest BCUT2D eigenvalue weighted by Crippen LogP contribution is 2.15. The second kappa shape index (κ2) is 4.99. The van der Waals surface area contributed by atoms with Crippen LogP contribution >= 0.6 is 0 Å². The molecule has 1 aliphatic heterocycles. The van der Waals surface area contributed by atoms with Gasteiger partial charge in [0, 0.05) is 38.4 Å². The van der Waals surface area contributed by atoms with E-state index in [-0.39, 0.29) is 17.5 Å². The van der Waals surface area contributed by atoms with Crippen molar-refractivity contribution in [1.82, 2.24) is 15.3 Å². The van der Waals surface area contributed by atoms with Crippen LogP contribution in [0.5, 0.6) is 0 Å². The molecule has 1 aromatic rings. The van der Waals surface area contributed by atoms with Crippen molar-refractivity contribution in [2.45, 2.75) is 19.4 Å². The highest BCUT2D eigenvalue weighted by molar-refractivity contribution is 5.86. The van der Waals surface area contributed by atoms with Crippen LogP contribution in [0.25, 0.3) is 0 Å². The number of carbonyl (C=O) groups excluding carboxylic acids is 1. The van der Waals surface area contributed by atoms with E-state index in [0.717, 1.165) is 13.0 Å². The molecule has 96 valence electrons. The molecule has 2 heterocycles. The molecule has 7 heteroatoms. The lowest BCUT2D eigenvalue weighted by molar-refractivity contribution is -0.119. The van der Waals surface area contributed by atoms with Crippen molar-refractivity contribution in [2.75, 3.05) is 18.0 Å². The molecular weight excluding hydrogens is 236 g/mol. The van der Waals surface area contributed by atoms with Crippen molar-refractivity contribution in [3.05, 3.63) is 18.0 Å². The molecule has 1 amide bonds. The first-order valence-corrected chi connectivity index (χ1v) is 5.63. The Morgan fingerprint density at radius 2 is 2.11 bits per heavy atom. The molecule has 0 saturated carbocycles. The van der Waals surface area contributed by atoms with Gasteiger partial charge in [0.25, 0.3) is 0 Å². The molecular formula is C11H14N4O3. The number of hydrogen-bond acceptors (Lipinski definition) is 5. The molecule has 1 unspecified atom stereocenters. The van der Waals surface area contributed by atoms with Gasteiger partial charge < -0.3 is 15.3 Å². The zero-order valence-corrected chi connectivity index (χ0v) is 9.96. The van der Waals surface area contributed by atoms with E-state index < -0.39 is 5.97 Å². The number of carboxylic acids is 1. The standard InChI is InChI=1S/C11H14N4O3/c1-7(16)14-9-2-3-15(6-9)11-12-4-8(5-13-11)10(17)18/h4-5,9H,2-3,6H2,1H3,(H,14,16)(H,17,18). The largest absolute Gasteiger partial charge is 0.478 e. The van der Waals surface area contributed by atoms with E-state index in [4.69, 9.17) is 5.11 Å². The van der Waals surface area contributed by atoms with Gasteiger partial charge in [-0.2, -0.15) is 0 Å². The topological polar surface area (TPSA) is 95.4 Å². The highest BCUT2D eigenvalue weighted by Gasteiger charge is 2.24. The summed E-state index contributed by atoms with van der Waals surface area (Å²) in [6.45, 7) is 2.88.